The van der Waals surface area contributed by atoms with Gasteiger partial charge >= 0.3 is 0 Å². The van der Waals surface area contributed by atoms with Crippen LogP contribution in [0.15, 0.2) is 65.8 Å². The number of aryl methyl sites for hydroxylation is 1. The molecule has 10 heterocycles. The SMILES string of the molecule is C[C@H]1CN([C@H]2CCN3Cc4cc5c(cc4OC[C@@H]3C2)C(=O)N(C2CCC(=O)NC2=O)C5=O)CCN1c1ccc(Nc2cc(-c3ccnc(N4CCn5c(cc6c5CC(C)(C)C6)C4=O)c3CO)cn(C)c2=O)nc1. The van der Waals surface area contributed by atoms with Gasteiger partial charge in [-0.25, -0.2) is 9.97 Å². The van der Waals surface area contributed by atoms with E-state index in [1.807, 2.05) is 24.4 Å². The van der Waals surface area contributed by atoms with E-state index in [0.29, 0.717) is 77.7 Å². The molecule has 19 nitrogen and oxygen atoms in total. The molecule has 4 atom stereocenters. The summed E-state index contributed by atoms with van der Waals surface area (Å²) in [5.41, 5.74) is 7.53. The van der Waals surface area contributed by atoms with Crippen molar-refractivity contribution >= 4 is 52.5 Å². The lowest BCUT2D eigenvalue weighted by Crippen LogP contribution is -2.58. The minimum absolute atomic E-state index is 0.0653. The van der Waals surface area contributed by atoms with Crippen LogP contribution in [0.25, 0.3) is 11.1 Å². The van der Waals surface area contributed by atoms with Crippen molar-refractivity contribution in [1.29, 1.82) is 0 Å². The quantitative estimate of drug-likeness (QED) is 0.188. The van der Waals surface area contributed by atoms with Crippen LogP contribution < -0.4 is 30.7 Å². The van der Waals surface area contributed by atoms with Gasteiger partial charge in [0.15, 0.2) is 0 Å². The van der Waals surface area contributed by atoms with Crippen LogP contribution >= 0.6 is 0 Å². The number of aliphatic hydroxyl groups is 1. The molecule has 1 aromatic carbocycles. The van der Waals surface area contributed by atoms with Gasteiger partial charge < -0.3 is 29.2 Å². The number of nitrogens with zero attached hydrogens (tertiary/aromatic N) is 9. The maximum atomic E-state index is 14.0. The molecule has 3 fully saturated rings. The van der Waals surface area contributed by atoms with E-state index in [4.69, 9.17) is 9.72 Å². The number of hydrogen-bond acceptors (Lipinski definition) is 14. The Labute approximate surface area is 421 Å². The lowest BCUT2D eigenvalue weighted by molar-refractivity contribution is -0.136. The first-order valence-corrected chi connectivity index (χ1v) is 25.4. The average molecular weight is 990 g/mol. The van der Waals surface area contributed by atoms with Crippen molar-refractivity contribution in [3.8, 4) is 16.9 Å². The Morgan fingerprint density at radius 2 is 1.67 bits per heavy atom. The fraction of sp³-hybridized carbons (Fsp3) is 0.444. The van der Waals surface area contributed by atoms with Gasteiger partial charge in [-0.3, -0.25) is 53.7 Å². The fourth-order valence-corrected chi connectivity index (χ4v) is 12.7. The van der Waals surface area contributed by atoms with Gasteiger partial charge in [-0.1, -0.05) is 13.8 Å². The van der Waals surface area contributed by atoms with Gasteiger partial charge in [0.2, 0.25) is 11.8 Å². The number of pyridine rings is 3. The number of ether oxygens (including phenoxy) is 1. The highest BCUT2D eigenvalue weighted by Gasteiger charge is 2.46. The molecule has 0 bridgehead atoms. The summed E-state index contributed by atoms with van der Waals surface area (Å²) >= 11 is 0. The molecule has 4 aromatic heterocycles. The molecular weight excluding hydrogens is 931 g/mol. The van der Waals surface area contributed by atoms with Crippen LogP contribution in [0.3, 0.4) is 0 Å². The van der Waals surface area contributed by atoms with E-state index in [9.17, 15) is 33.9 Å². The van der Waals surface area contributed by atoms with Crippen LogP contribution in [0, 0.1) is 5.41 Å². The molecule has 5 amide bonds. The zero-order valence-electron chi connectivity index (χ0n) is 41.5. The monoisotopic (exact) mass is 989 g/mol. The number of rotatable bonds is 8. The topological polar surface area (TPSA) is 208 Å². The van der Waals surface area contributed by atoms with Crippen molar-refractivity contribution in [2.75, 3.05) is 54.4 Å². The predicted molar refractivity (Wildman–Crippen MR) is 270 cm³/mol. The number of benzene rings is 1. The van der Waals surface area contributed by atoms with E-state index in [2.05, 4.69) is 55.7 Å². The molecule has 1 unspecified atom stereocenters. The Morgan fingerprint density at radius 1 is 0.849 bits per heavy atom. The third-order valence-electron chi connectivity index (χ3n) is 16.3. The third kappa shape index (κ3) is 8.08. The zero-order chi connectivity index (χ0) is 50.6. The maximum absolute atomic E-state index is 14.0. The summed E-state index contributed by atoms with van der Waals surface area (Å²) in [6.45, 7) is 11.9. The van der Waals surface area contributed by atoms with E-state index in [0.717, 1.165) is 68.0 Å². The molecule has 5 aromatic rings. The van der Waals surface area contributed by atoms with Crippen LogP contribution in [0.2, 0.25) is 0 Å². The van der Waals surface area contributed by atoms with Crippen LogP contribution in [-0.2, 0) is 49.2 Å². The molecule has 73 heavy (non-hydrogen) atoms. The van der Waals surface area contributed by atoms with Crippen molar-refractivity contribution in [3.63, 3.8) is 0 Å². The van der Waals surface area contributed by atoms with E-state index in [1.165, 1.54) is 15.8 Å². The first-order valence-electron chi connectivity index (χ1n) is 25.4. The molecule has 378 valence electrons. The molecule has 19 heteroatoms. The van der Waals surface area contributed by atoms with Gasteiger partial charge in [-0.2, -0.15) is 0 Å². The average Bonchev–Trinajstić information content (AvgIpc) is 3.89. The normalized spacial score (nSPS) is 23.8. The maximum Gasteiger partial charge on any atom is 0.276 e. The summed E-state index contributed by atoms with van der Waals surface area (Å²) in [7, 11) is 1.69. The standard InChI is InChI=1S/C54H59N11O8/c1-30-25-61(34-10-12-60-27-33-17-38-39(21-45(33)73-29-36(60)20-34)51(70)65(50(38)69)42-6-8-47(67)58-49(42)68)13-14-62(30)35-5-7-46(56-24-35)57-41-18-32(26-59(4)52(41)71)37-9-11-55-48(40(37)28-66)64-16-15-63-43(53(64)72)19-31-22-54(2,3)23-44(31)63/h5,7,9,11,17-19,21,24,26,30,34,36,42,66H,6,8,10,12-16,20,22-23,25,27-29H2,1-4H3,(H,56,57)(H,58,67,68)/t30-,34-,36-,42?/m0/s1. The molecule has 0 spiro atoms. The molecule has 3 N–H and O–H groups in total. The zero-order valence-corrected chi connectivity index (χ0v) is 41.5. The molecule has 6 aliphatic heterocycles. The lowest BCUT2D eigenvalue weighted by atomic mass is 9.90. The number of carbonyl (C=O) groups excluding carboxylic acids is 5. The summed E-state index contributed by atoms with van der Waals surface area (Å²) in [5.74, 6) is -0.740. The van der Waals surface area contributed by atoms with Crippen molar-refractivity contribution < 1.29 is 33.8 Å². The van der Waals surface area contributed by atoms with Crippen LogP contribution in [0.5, 0.6) is 5.75 Å². The fourth-order valence-electron chi connectivity index (χ4n) is 12.7. The number of fused-ring (bicyclic) bond motifs is 6. The number of amides is 5. The summed E-state index contributed by atoms with van der Waals surface area (Å²) in [6, 6.07) is 12.6. The number of carbonyl (C=O) groups is 5. The number of aliphatic hydroxyl groups excluding tert-OH is 1. The first kappa shape index (κ1) is 46.8. The van der Waals surface area contributed by atoms with Gasteiger partial charge in [0, 0.05) is 112 Å². The van der Waals surface area contributed by atoms with E-state index >= 15 is 0 Å². The number of piperazine rings is 1. The first-order chi connectivity index (χ1) is 35.1. The number of hydrogen-bond donors (Lipinski definition) is 3. The second kappa shape index (κ2) is 17.8. The highest BCUT2D eigenvalue weighted by molar-refractivity contribution is 6.23. The number of imide groups is 2. The Bertz CT molecular complexity index is 3220. The number of nitrogens with one attached hydrogen (secondary N) is 2. The summed E-state index contributed by atoms with van der Waals surface area (Å²) in [6.07, 6.45) is 9.15. The largest absolute Gasteiger partial charge is 0.492 e. The molecule has 3 saturated heterocycles. The molecule has 12 rings (SSSR count). The van der Waals surface area contributed by atoms with Gasteiger partial charge in [0.05, 0.1) is 29.6 Å². The van der Waals surface area contributed by atoms with E-state index < -0.39 is 29.7 Å². The number of aromatic nitrogens is 4. The number of piperidine rings is 2. The lowest BCUT2D eigenvalue weighted by Gasteiger charge is -2.48. The van der Waals surface area contributed by atoms with Gasteiger partial charge in [-0.05, 0) is 98.0 Å². The second-order valence-corrected chi connectivity index (χ2v) is 21.6. The third-order valence-corrected chi connectivity index (χ3v) is 16.3. The number of anilines is 4. The van der Waals surface area contributed by atoms with Crippen molar-refractivity contribution in [1.82, 2.24) is 39.1 Å². The van der Waals surface area contributed by atoms with Crippen molar-refractivity contribution in [2.24, 2.45) is 12.5 Å². The smallest absolute Gasteiger partial charge is 0.276 e. The van der Waals surface area contributed by atoms with Gasteiger partial charge in [-0.15, -0.1) is 0 Å². The Morgan fingerprint density at radius 3 is 2.44 bits per heavy atom. The molecule has 1 aliphatic carbocycles. The van der Waals surface area contributed by atoms with Crippen LogP contribution in [0.4, 0.5) is 23.0 Å². The highest BCUT2D eigenvalue weighted by atomic mass is 16.5. The second-order valence-electron chi connectivity index (χ2n) is 21.6. The summed E-state index contributed by atoms with van der Waals surface area (Å²) < 4.78 is 10.0. The van der Waals surface area contributed by atoms with Crippen molar-refractivity contribution in [2.45, 2.75) is 103 Å². The van der Waals surface area contributed by atoms with Gasteiger partial charge in [0.25, 0.3) is 23.3 Å². The Hall–Kier alpha value is -7.22. The van der Waals surface area contributed by atoms with E-state index in [-0.39, 0.29) is 59.5 Å². The summed E-state index contributed by atoms with van der Waals surface area (Å²) in [5, 5.41) is 16.3. The molecule has 0 saturated carbocycles. The van der Waals surface area contributed by atoms with Crippen LogP contribution in [-0.4, -0.2) is 132 Å². The van der Waals surface area contributed by atoms with Gasteiger partial charge in [0.1, 0.15) is 41.4 Å². The Kier molecular flexibility index (Phi) is 11.4. The molecular formula is C54H59N11O8. The highest BCUT2D eigenvalue weighted by Crippen LogP contribution is 2.41. The van der Waals surface area contributed by atoms with Crippen molar-refractivity contribution in [3.05, 3.63) is 111 Å². The minimum atomic E-state index is -1.02. The van der Waals surface area contributed by atoms with Crippen LogP contribution in [0.1, 0.15) is 100 Å². The minimum Gasteiger partial charge on any atom is -0.492 e. The van der Waals surface area contributed by atoms with E-state index in [1.54, 1.807) is 48.6 Å². The predicted octanol–water partition coefficient (Wildman–Crippen LogP) is 4.00. The molecule has 7 aliphatic rings. The summed E-state index contributed by atoms with van der Waals surface area (Å²) in [4.78, 5) is 98.4. The molecule has 0 radical (unpaired) electrons. The Balaban J connectivity index is 0.682.